The van der Waals surface area contributed by atoms with Crippen LogP contribution in [0.25, 0.3) is 0 Å². The van der Waals surface area contributed by atoms with E-state index >= 15 is 0 Å². The van der Waals surface area contributed by atoms with Gasteiger partial charge in [0.15, 0.2) is 5.82 Å². The minimum Gasteiger partial charge on any atom is -0.327 e. The third-order valence-corrected chi connectivity index (χ3v) is 4.59. The number of H-pyrrole nitrogens is 1. The Morgan fingerprint density at radius 3 is 2.71 bits per heavy atom. The Hall–Kier alpha value is -2.57. The Labute approximate surface area is 139 Å². The van der Waals surface area contributed by atoms with E-state index in [2.05, 4.69) is 19.9 Å². The van der Waals surface area contributed by atoms with Crippen LogP contribution in [0.5, 0.6) is 0 Å². The number of hydrogen-bond acceptors (Lipinski definition) is 5. The first-order chi connectivity index (χ1) is 11.7. The van der Waals surface area contributed by atoms with Crippen molar-refractivity contribution in [2.75, 3.05) is 6.54 Å². The molecule has 1 N–H and O–H groups in total. The second-order valence-electron chi connectivity index (χ2n) is 6.41. The lowest BCUT2D eigenvalue weighted by Gasteiger charge is -2.34. The van der Waals surface area contributed by atoms with Crippen molar-refractivity contribution >= 4 is 5.91 Å². The highest BCUT2D eigenvalue weighted by Crippen LogP contribution is 2.37. The molecule has 2 aliphatic rings. The summed E-state index contributed by atoms with van der Waals surface area (Å²) in [6.45, 7) is 0.634. The molecule has 0 aromatic carbocycles. The van der Waals surface area contributed by atoms with Crippen molar-refractivity contribution in [2.24, 2.45) is 0 Å². The third kappa shape index (κ3) is 2.93. The fourth-order valence-electron chi connectivity index (χ4n) is 3.21. The van der Waals surface area contributed by atoms with Crippen molar-refractivity contribution in [2.45, 2.75) is 44.1 Å². The summed E-state index contributed by atoms with van der Waals surface area (Å²) in [5.74, 6) is 1.37. The molecule has 0 bridgehead atoms. The number of carbonyl (C=O) groups is 1. The van der Waals surface area contributed by atoms with E-state index in [0.717, 1.165) is 32.1 Å². The standard InChI is InChI=1S/C17H19N5O2/c23-14-10-12(20-15(21-14)11-5-6-11)17(24)22-9-2-1-4-13(22)16-18-7-3-8-19-16/h3,7-8,10-11,13H,1-2,4-6,9H2,(H,20,21,23). The summed E-state index contributed by atoms with van der Waals surface area (Å²) < 4.78 is 0. The van der Waals surface area contributed by atoms with Gasteiger partial charge in [0.1, 0.15) is 11.5 Å². The SMILES string of the molecule is O=C(c1cc(=O)[nH]c(C2CC2)n1)N1CCCCC1c1ncccn1. The molecule has 7 nitrogen and oxygen atoms in total. The second-order valence-corrected chi connectivity index (χ2v) is 6.41. The Balaban J connectivity index is 1.65. The second kappa shape index (κ2) is 6.14. The lowest BCUT2D eigenvalue weighted by atomic mass is 10.0. The quantitative estimate of drug-likeness (QED) is 0.929. The summed E-state index contributed by atoms with van der Waals surface area (Å²) in [5, 5.41) is 0. The monoisotopic (exact) mass is 325 g/mol. The molecule has 0 radical (unpaired) electrons. The minimum atomic E-state index is -0.264. The number of likely N-dealkylation sites (tertiary alicyclic amines) is 1. The van der Waals surface area contributed by atoms with Crippen LogP contribution in [-0.2, 0) is 0 Å². The lowest BCUT2D eigenvalue weighted by molar-refractivity contribution is 0.0593. The van der Waals surface area contributed by atoms with Gasteiger partial charge >= 0.3 is 0 Å². The van der Waals surface area contributed by atoms with Gasteiger partial charge < -0.3 is 9.88 Å². The summed E-state index contributed by atoms with van der Waals surface area (Å²) in [7, 11) is 0. The number of hydrogen-bond donors (Lipinski definition) is 1. The van der Waals surface area contributed by atoms with Crippen LogP contribution >= 0.6 is 0 Å². The first-order valence-electron chi connectivity index (χ1n) is 8.41. The van der Waals surface area contributed by atoms with Crippen LogP contribution in [0.15, 0.2) is 29.3 Å². The number of rotatable bonds is 3. The molecule has 1 unspecified atom stereocenters. The van der Waals surface area contributed by atoms with E-state index in [0.29, 0.717) is 24.1 Å². The van der Waals surface area contributed by atoms with Crippen LogP contribution in [0.4, 0.5) is 0 Å². The van der Waals surface area contributed by atoms with E-state index in [4.69, 9.17) is 0 Å². The average molecular weight is 325 g/mol. The van der Waals surface area contributed by atoms with Crippen LogP contribution in [0.3, 0.4) is 0 Å². The van der Waals surface area contributed by atoms with Crippen LogP contribution in [0.1, 0.15) is 66.2 Å². The fraction of sp³-hybridized carbons (Fsp3) is 0.471. The van der Waals surface area contributed by atoms with E-state index < -0.39 is 0 Å². The maximum Gasteiger partial charge on any atom is 0.273 e. The molecule has 24 heavy (non-hydrogen) atoms. The molecule has 7 heteroatoms. The van der Waals surface area contributed by atoms with E-state index in [1.54, 1.807) is 23.4 Å². The molecule has 124 valence electrons. The highest BCUT2D eigenvalue weighted by Gasteiger charge is 2.32. The van der Waals surface area contributed by atoms with Gasteiger partial charge in [-0.3, -0.25) is 9.59 Å². The van der Waals surface area contributed by atoms with Crippen molar-refractivity contribution in [1.82, 2.24) is 24.8 Å². The molecule has 1 saturated carbocycles. The van der Waals surface area contributed by atoms with Crippen molar-refractivity contribution in [3.05, 3.63) is 52.2 Å². The largest absolute Gasteiger partial charge is 0.327 e. The molecule has 2 aromatic rings. The van der Waals surface area contributed by atoms with Gasteiger partial charge in [-0.25, -0.2) is 15.0 Å². The normalized spacial score (nSPS) is 20.8. The summed E-state index contributed by atoms with van der Waals surface area (Å²) in [4.78, 5) is 42.4. The van der Waals surface area contributed by atoms with Crippen molar-refractivity contribution in [3.8, 4) is 0 Å². The molecular formula is C17H19N5O2. The number of carbonyl (C=O) groups excluding carboxylic acids is 1. The molecule has 1 saturated heterocycles. The Morgan fingerprint density at radius 2 is 1.96 bits per heavy atom. The number of aromatic amines is 1. The van der Waals surface area contributed by atoms with Gasteiger partial charge in [-0.05, 0) is 38.2 Å². The van der Waals surface area contributed by atoms with Crippen LogP contribution in [-0.4, -0.2) is 37.3 Å². The molecule has 3 heterocycles. The highest BCUT2D eigenvalue weighted by atomic mass is 16.2. The average Bonchev–Trinajstić information content (AvgIpc) is 3.46. The highest BCUT2D eigenvalue weighted by molar-refractivity contribution is 5.92. The zero-order chi connectivity index (χ0) is 16.5. The van der Waals surface area contributed by atoms with E-state index in [1.165, 1.54) is 6.07 Å². The minimum absolute atomic E-state index is 0.155. The van der Waals surface area contributed by atoms with E-state index in [-0.39, 0.29) is 23.2 Å². The Morgan fingerprint density at radius 1 is 1.17 bits per heavy atom. The number of piperidine rings is 1. The molecule has 1 aliphatic carbocycles. The summed E-state index contributed by atoms with van der Waals surface area (Å²) in [5.41, 5.74) is -0.0387. The smallest absolute Gasteiger partial charge is 0.273 e. The fourth-order valence-corrected chi connectivity index (χ4v) is 3.21. The van der Waals surface area contributed by atoms with E-state index in [1.807, 2.05) is 0 Å². The van der Waals surface area contributed by atoms with Gasteiger partial charge in [-0.2, -0.15) is 0 Å². The zero-order valence-electron chi connectivity index (χ0n) is 13.3. The predicted molar refractivity (Wildman–Crippen MR) is 86.5 cm³/mol. The molecule has 4 rings (SSSR count). The van der Waals surface area contributed by atoms with Crippen molar-refractivity contribution in [3.63, 3.8) is 0 Å². The summed E-state index contributed by atoms with van der Waals surface area (Å²) in [6.07, 6.45) is 8.22. The molecular weight excluding hydrogens is 306 g/mol. The number of nitrogens with zero attached hydrogens (tertiary/aromatic N) is 4. The van der Waals surface area contributed by atoms with Gasteiger partial charge in [-0.1, -0.05) is 0 Å². The zero-order valence-corrected chi connectivity index (χ0v) is 13.3. The van der Waals surface area contributed by atoms with Crippen molar-refractivity contribution < 1.29 is 4.79 Å². The van der Waals surface area contributed by atoms with Crippen molar-refractivity contribution in [1.29, 1.82) is 0 Å². The lowest BCUT2D eigenvalue weighted by Crippen LogP contribution is -2.40. The van der Waals surface area contributed by atoms with Gasteiger partial charge in [0.05, 0.1) is 6.04 Å². The molecule has 1 atom stereocenters. The number of amides is 1. The molecule has 0 spiro atoms. The van der Waals surface area contributed by atoms with Gasteiger partial charge in [0.2, 0.25) is 0 Å². The van der Waals surface area contributed by atoms with E-state index in [9.17, 15) is 9.59 Å². The van der Waals surface area contributed by atoms with Gasteiger partial charge in [0.25, 0.3) is 11.5 Å². The van der Waals surface area contributed by atoms with Crippen LogP contribution in [0, 0.1) is 0 Å². The third-order valence-electron chi connectivity index (χ3n) is 4.59. The molecule has 2 fully saturated rings. The first-order valence-corrected chi connectivity index (χ1v) is 8.41. The first kappa shape index (κ1) is 15.0. The van der Waals surface area contributed by atoms with Gasteiger partial charge in [0, 0.05) is 30.9 Å². The maximum absolute atomic E-state index is 13.0. The molecule has 1 amide bonds. The summed E-state index contributed by atoms with van der Waals surface area (Å²) in [6, 6.07) is 2.91. The predicted octanol–water partition coefficient (Wildman–Crippen LogP) is 1.80. The number of nitrogens with one attached hydrogen (secondary N) is 1. The number of aromatic nitrogens is 4. The molecule has 2 aromatic heterocycles. The Bertz CT molecular complexity index is 800. The van der Waals surface area contributed by atoms with Crippen LogP contribution < -0.4 is 5.56 Å². The topological polar surface area (TPSA) is 91.8 Å². The molecule has 1 aliphatic heterocycles. The Kier molecular flexibility index (Phi) is 3.84. The summed E-state index contributed by atoms with van der Waals surface area (Å²) >= 11 is 0. The van der Waals surface area contributed by atoms with Crippen LogP contribution in [0.2, 0.25) is 0 Å². The maximum atomic E-state index is 13.0. The van der Waals surface area contributed by atoms with Gasteiger partial charge in [-0.15, -0.1) is 0 Å².